The molecule has 0 nitrogen and oxygen atoms in total. The van der Waals surface area contributed by atoms with Crippen molar-refractivity contribution in [1.82, 2.24) is 0 Å². The van der Waals surface area contributed by atoms with E-state index in [0.29, 0.717) is 5.41 Å². The molecular formula is C11H23B. The van der Waals surface area contributed by atoms with E-state index in [1.54, 1.807) is 0 Å². The van der Waals surface area contributed by atoms with E-state index in [9.17, 15) is 0 Å². The molecule has 0 aromatic carbocycles. The second kappa shape index (κ2) is 4.94. The third-order valence-corrected chi connectivity index (χ3v) is 3.26. The summed E-state index contributed by atoms with van der Waals surface area (Å²) >= 11 is 0. The Morgan fingerprint density at radius 3 is 2.00 bits per heavy atom. The van der Waals surface area contributed by atoms with Crippen molar-refractivity contribution >= 4 is 7.85 Å². The summed E-state index contributed by atoms with van der Waals surface area (Å²) in [5, 5.41) is 0. The molecule has 0 amide bonds. The Bertz CT molecular complexity index is 116. The van der Waals surface area contributed by atoms with Crippen LogP contribution in [0.1, 0.15) is 47.5 Å². The van der Waals surface area contributed by atoms with E-state index < -0.39 is 0 Å². The van der Waals surface area contributed by atoms with E-state index in [2.05, 4.69) is 34.6 Å². The lowest BCUT2D eigenvalue weighted by Crippen LogP contribution is -2.25. The Morgan fingerprint density at radius 2 is 1.67 bits per heavy atom. The van der Waals surface area contributed by atoms with Gasteiger partial charge in [-0.3, -0.25) is 0 Å². The van der Waals surface area contributed by atoms with Crippen molar-refractivity contribution in [3.8, 4) is 0 Å². The SMILES string of the molecule is [B]CCCC(C)(C)C(C)C(C)C. The molecule has 0 spiro atoms. The Hall–Kier alpha value is 0.0649. The van der Waals surface area contributed by atoms with Crippen LogP contribution in [0.4, 0.5) is 0 Å². The first-order valence-corrected chi connectivity index (χ1v) is 5.12. The van der Waals surface area contributed by atoms with Gasteiger partial charge in [0.25, 0.3) is 0 Å². The van der Waals surface area contributed by atoms with Crippen molar-refractivity contribution in [2.24, 2.45) is 17.3 Å². The van der Waals surface area contributed by atoms with Gasteiger partial charge in [-0.15, -0.1) is 0 Å². The summed E-state index contributed by atoms with van der Waals surface area (Å²) in [5.41, 5.74) is 0.452. The lowest BCUT2D eigenvalue weighted by molar-refractivity contribution is 0.160. The summed E-state index contributed by atoms with van der Waals surface area (Å²) in [6.07, 6.45) is 3.24. The van der Waals surface area contributed by atoms with Gasteiger partial charge >= 0.3 is 0 Å². The molecule has 0 rings (SSSR count). The van der Waals surface area contributed by atoms with E-state index in [1.165, 1.54) is 6.42 Å². The third kappa shape index (κ3) is 3.64. The zero-order valence-electron chi connectivity index (χ0n) is 9.35. The maximum absolute atomic E-state index is 5.51. The Balaban J connectivity index is 3.99. The van der Waals surface area contributed by atoms with Crippen molar-refractivity contribution in [3.05, 3.63) is 0 Å². The van der Waals surface area contributed by atoms with Crippen LogP contribution in [-0.4, -0.2) is 7.85 Å². The van der Waals surface area contributed by atoms with Crippen LogP contribution in [0.2, 0.25) is 6.32 Å². The average Bonchev–Trinajstić information content (AvgIpc) is 1.99. The summed E-state index contributed by atoms with van der Waals surface area (Å²) in [6, 6.07) is 0. The van der Waals surface area contributed by atoms with Crippen LogP contribution in [0.15, 0.2) is 0 Å². The van der Waals surface area contributed by atoms with Crippen molar-refractivity contribution in [3.63, 3.8) is 0 Å². The van der Waals surface area contributed by atoms with Crippen LogP contribution < -0.4 is 0 Å². The van der Waals surface area contributed by atoms with Crippen molar-refractivity contribution in [1.29, 1.82) is 0 Å². The van der Waals surface area contributed by atoms with Crippen LogP contribution >= 0.6 is 0 Å². The van der Waals surface area contributed by atoms with Crippen molar-refractivity contribution in [2.75, 3.05) is 0 Å². The smallest absolute Gasteiger partial charge is 0.0653 e. The molecule has 12 heavy (non-hydrogen) atoms. The molecule has 0 aliphatic rings. The maximum Gasteiger partial charge on any atom is 0.0653 e. The zero-order chi connectivity index (χ0) is 9.78. The van der Waals surface area contributed by atoms with E-state index in [-0.39, 0.29) is 0 Å². The van der Waals surface area contributed by atoms with E-state index in [4.69, 9.17) is 7.85 Å². The molecule has 0 N–H and O–H groups in total. The van der Waals surface area contributed by atoms with Gasteiger partial charge in [0.1, 0.15) is 0 Å². The summed E-state index contributed by atoms with van der Waals surface area (Å²) in [6.45, 7) is 11.7. The van der Waals surface area contributed by atoms with Gasteiger partial charge in [-0.25, -0.2) is 0 Å². The number of hydrogen-bond acceptors (Lipinski definition) is 0. The molecule has 0 aliphatic heterocycles. The first kappa shape index (κ1) is 12.1. The minimum atomic E-state index is 0.452. The van der Waals surface area contributed by atoms with Gasteiger partial charge in [0, 0.05) is 0 Å². The van der Waals surface area contributed by atoms with Crippen LogP contribution in [0.3, 0.4) is 0 Å². The molecule has 70 valence electrons. The molecule has 0 aliphatic carbocycles. The van der Waals surface area contributed by atoms with Gasteiger partial charge < -0.3 is 0 Å². The quantitative estimate of drug-likeness (QED) is 0.546. The Morgan fingerprint density at radius 1 is 1.17 bits per heavy atom. The number of hydrogen-bond donors (Lipinski definition) is 0. The summed E-state index contributed by atoms with van der Waals surface area (Å²) < 4.78 is 0. The lowest BCUT2D eigenvalue weighted by atomic mass is 9.70. The fourth-order valence-electron chi connectivity index (χ4n) is 1.69. The predicted octanol–water partition coefficient (Wildman–Crippen LogP) is 3.67. The van der Waals surface area contributed by atoms with Crippen molar-refractivity contribution < 1.29 is 0 Å². The van der Waals surface area contributed by atoms with Gasteiger partial charge in [0.05, 0.1) is 7.85 Å². The molecule has 0 bridgehead atoms. The molecule has 0 aromatic heterocycles. The Labute approximate surface area is 79.5 Å². The topological polar surface area (TPSA) is 0 Å². The third-order valence-electron chi connectivity index (χ3n) is 3.26. The zero-order valence-corrected chi connectivity index (χ0v) is 9.35. The molecule has 0 saturated heterocycles. The van der Waals surface area contributed by atoms with Crippen LogP contribution in [-0.2, 0) is 0 Å². The second-order valence-corrected chi connectivity index (χ2v) is 4.91. The normalized spacial score (nSPS) is 15.2. The standard InChI is InChI=1S/C11H23B/c1-9(2)10(3)11(4,5)7-6-8-12/h9-10H,6-8H2,1-5H3. The molecule has 0 saturated carbocycles. The van der Waals surface area contributed by atoms with Gasteiger partial charge in [-0.1, -0.05) is 47.4 Å². The summed E-state index contributed by atoms with van der Waals surface area (Å²) in [5.74, 6) is 1.56. The highest BCUT2D eigenvalue weighted by Crippen LogP contribution is 2.36. The molecule has 1 unspecified atom stereocenters. The number of rotatable bonds is 5. The summed E-state index contributed by atoms with van der Waals surface area (Å²) in [7, 11) is 5.51. The average molecular weight is 166 g/mol. The monoisotopic (exact) mass is 166 g/mol. The fraction of sp³-hybridized carbons (Fsp3) is 1.00. The molecule has 0 heterocycles. The fourth-order valence-corrected chi connectivity index (χ4v) is 1.69. The highest BCUT2D eigenvalue weighted by Gasteiger charge is 2.26. The van der Waals surface area contributed by atoms with Gasteiger partial charge in [0.2, 0.25) is 0 Å². The van der Waals surface area contributed by atoms with Crippen molar-refractivity contribution in [2.45, 2.75) is 53.8 Å². The van der Waals surface area contributed by atoms with E-state index in [1.807, 2.05) is 0 Å². The largest absolute Gasteiger partial charge is 0.0887 e. The molecular weight excluding hydrogens is 143 g/mol. The van der Waals surface area contributed by atoms with Crippen LogP contribution in [0.5, 0.6) is 0 Å². The van der Waals surface area contributed by atoms with Crippen LogP contribution in [0.25, 0.3) is 0 Å². The first-order chi connectivity index (χ1) is 5.41. The minimum Gasteiger partial charge on any atom is -0.0887 e. The predicted molar refractivity (Wildman–Crippen MR) is 57.6 cm³/mol. The molecule has 2 radical (unpaired) electrons. The van der Waals surface area contributed by atoms with E-state index in [0.717, 1.165) is 24.6 Å². The molecule has 0 fully saturated rings. The molecule has 0 aromatic rings. The summed E-state index contributed by atoms with van der Waals surface area (Å²) in [4.78, 5) is 0. The maximum atomic E-state index is 5.51. The van der Waals surface area contributed by atoms with Gasteiger partial charge in [-0.2, -0.15) is 0 Å². The van der Waals surface area contributed by atoms with E-state index >= 15 is 0 Å². The highest BCUT2D eigenvalue weighted by molar-refractivity contribution is 6.08. The molecule has 1 atom stereocenters. The second-order valence-electron chi connectivity index (χ2n) is 4.91. The molecule has 1 heteroatoms. The lowest BCUT2D eigenvalue weighted by Gasteiger charge is -2.34. The Kier molecular flexibility index (Phi) is 4.97. The first-order valence-electron chi connectivity index (χ1n) is 5.12. The van der Waals surface area contributed by atoms with Gasteiger partial charge in [0.15, 0.2) is 0 Å². The highest BCUT2D eigenvalue weighted by atomic mass is 14.3. The van der Waals surface area contributed by atoms with Gasteiger partial charge in [-0.05, 0) is 23.7 Å². The van der Waals surface area contributed by atoms with Crippen LogP contribution in [0, 0.1) is 17.3 Å². The minimum absolute atomic E-state index is 0.452.